The predicted octanol–water partition coefficient (Wildman–Crippen LogP) is 1.32. The summed E-state index contributed by atoms with van der Waals surface area (Å²) in [4.78, 5) is 0. The van der Waals surface area contributed by atoms with Gasteiger partial charge in [-0.1, -0.05) is 42.5 Å². The van der Waals surface area contributed by atoms with Gasteiger partial charge in [-0.15, -0.1) is 6.58 Å². The Bertz CT molecular complexity index is 421. The van der Waals surface area contributed by atoms with Crippen molar-refractivity contribution in [2.75, 3.05) is 0 Å². The van der Waals surface area contributed by atoms with Gasteiger partial charge in [0, 0.05) is 12.0 Å². The minimum atomic E-state index is 0. The molecule has 1 rings (SSSR count). The van der Waals surface area contributed by atoms with Crippen LogP contribution in [0.25, 0.3) is 0 Å². The van der Waals surface area contributed by atoms with Crippen LogP contribution in [0.15, 0.2) is 43.5 Å². The molecule has 0 nitrogen and oxygen atoms in total. The normalized spacial score (nSPS) is 8.67. The molecule has 0 N–H and O–H groups in total. The number of unbranched alkanes of at least 4 members (excludes halogenated alkanes) is 2. The van der Waals surface area contributed by atoms with E-state index in [1.807, 2.05) is 12.1 Å². The van der Waals surface area contributed by atoms with Crippen LogP contribution in [-0.4, -0.2) is 0 Å². The van der Waals surface area contributed by atoms with E-state index in [2.05, 4.69) is 49.3 Å². The zero-order valence-corrected chi connectivity index (χ0v) is 11.3. The third-order valence-electron chi connectivity index (χ3n) is 2.51. The van der Waals surface area contributed by atoms with Crippen LogP contribution in [0.5, 0.6) is 0 Å². The zero-order chi connectivity index (χ0) is 12.3. The minimum absolute atomic E-state index is 0. The largest absolute Gasteiger partial charge is 1.00 e. The topological polar surface area (TPSA) is 0 Å². The maximum atomic E-state index is 3.75. The van der Waals surface area contributed by atoms with Gasteiger partial charge in [-0.3, -0.25) is 6.58 Å². The molecule has 0 aliphatic heterocycles. The van der Waals surface area contributed by atoms with Gasteiger partial charge in [0.2, 0.25) is 0 Å². The van der Waals surface area contributed by atoms with Crippen molar-refractivity contribution in [3.05, 3.63) is 60.7 Å². The van der Waals surface area contributed by atoms with Crippen LogP contribution in [0.1, 0.15) is 36.8 Å². The Kier molecular flexibility index (Phi) is 10.3. The summed E-state index contributed by atoms with van der Waals surface area (Å²) >= 11 is 0. The van der Waals surface area contributed by atoms with E-state index in [4.69, 9.17) is 0 Å². The number of hydrogen-bond donors (Lipinski definition) is 0. The van der Waals surface area contributed by atoms with E-state index < -0.39 is 0 Å². The molecule has 0 fully saturated rings. The van der Waals surface area contributed by atoms with E-state index in [1.165, 1.54) is 5.56 Å². The van der Waals surface area contributed by atoms with Crippen LogP contribution in [0.4, 0.5) is 0 Å². The number of benzene rings is 1. The van der Waals surface area contributed by atoms with Gasteiger partial charge in [-0.05, 0) is 24.5 Å². The van der Waals surface area contributed by atoms with E-state index >= 15 is 0 Å². The Hall–Kier alpha value is -1.14. The molecular weight excluding hydrogens is 211 g/mol. The molecule has 0 unspecified atom stereocenters. The zero-order valence-electron chi connectivity index (χ0n) is 11.3. The Morgan fingerprint density at radius 1 is 1.28 bits per heavy atom. The van der Waals surface area contributed by atoms with Crippen LogP contribution in [0, 0.1) is 17.9 Å². The van der Waals surface area contributed by atoms with Gasteiger partial charge in [-0.25, -0.2) is 0 Å². The third-order valence-corrected chi connectivity index (χ3v) is 2.51. The molecule has 0 atom stereocenters. The molecule has 0 spiro atoms. The van der Waals surface area contributed by atoms with Crippen molar-refractivity contribution < 1.29 is 18.9 Å². The molecule has 0 heterocycles. The SMILES string of the molecule is C=[C-]CCCC#Cc1ccccc1CCC=C.[Li+]. The van der Waals surface area contributed by atoms with Crippen LogP contribution < -0.4 is 18.9 Å². The van der Waals surface area contributed by atoms with Crippen molar-refractivity contribution in [1.29, 1.82) is 0 Å². The molecule has 1 heteroatoms. The molecule has 0 aromatic heterocycles. The molecular formula is C17H19Li. The van der Waals surface area contributed by atoms with Gasteiger partial charge in [0.15, 0.2) is 0 Å². The first-order chi connectivity index (χ1) is 8.38. The van der Waals surface area contributed by atoms with Gasteiger partial charge < -0.3 is 6.08 Å². The summed E-state index contributed by atoms with van der Waals surface area (Å²) in [7, 11) is 0. The molecule has 0 radical (unpaired) electrons. The van der Waals surface area contributed by atoms with Crippen molar-refractivity contribution in [3.8, 4) is 11.8 Å². The van der Waals surface area contributed by atoms with Gasteiger partial charge in [-0.2, -0.15) is 6.42 Å². The van der Waals surface area contributed by atoms with Crippen LogP contribution in [-0.2, 0) is 6.42 Å². The van der Waals surface area contributed by atoms with Gasteiger partial charge in [0.1, 0.15) is 0 Å². The van der Waals surface area contributed by atoms with Crippen molar-refractivity contribution in [3.63, 3.8) is 0 Å². The summed E-state index contributed by atoms with van der Waals surface area (Å²) in [6.07, 6.45) is 9.74. The molecule has 0 saturated heterocycles. The maximum absolute atomic E-state index is 3.75. The minimum Gasteiger partial charge on any atom is -0.504 e. The first-order valence-electron chi connectivity index (χ1n) is 6.06. The van der Waals surface area contributed by atoms with Crippen LogP contribution >= 0.6 is 0 Å². The van der Waals surface area contributed by atoms with E-state index in [0.717, 1.165) is 37.7 Å². The number of aryl methyl sites for hydroxylation is 1. The van der Waals surface area contributed by atoms with Crippen molar-refractivity contribution >= 4 is 0 Å². The summed E-state index contributed by atoms with van der Waals surface area (Å²) in [5.74, 6) is 6.46. The Balaban J connectivity index is 0.00000289. The second-order valence-corrected chi connectivity index (χ2v) is 3.89. The average Bonchev–Trinajstić information content (AvgIpc) is 2.37. The molecule has 18 heavy (non-hydrogen) atoms. The first kappa shape index (κ1) is 16.9. The fourth-order valence-electron chi connectivity index (χ4n) is 1.58. The molecule has 1 aromatic carbocycles. The van der Waals surface area contributed by atoms with Crippen LogP contribution in [0.2, 0.25) is 0 Å². The summed E-state index contributed by atoms with van der Waals surface area (Å²) in [6.45, 7) is 7.33. The number of hydrogen-bond acceptors (Lipinski definition) is 0. The molecule has 0 saturated carbocycles. The second kappa shape index (κ2) is 11.0. The molecule has 1 aromatic rings. The molecule has 0 bridgehead atoms. The van der Waals surface area contributed by atoms with Crippen LogP contribution in [0.3, 0.4) is 0 Å². The monoisotopic (exact) mass is 230 g/mol. The van der Waals surface area contributed by atoms with Crippen molar-refractivity contribution in [2.45, 2.75) is 32.1 Å². The smallest absolute Gasteiger partial charge is 0.504 e. The molecule has 0 aliphatic carbocycles. The molecule has 0 aliphatic rings. The van der Waals surface area contributed by atoms with E-state index in [9.17, 15) is 0 Å². The van der Waals surface area contributed by atoms with Gasteiger partial charge in [0.25, 0.3) is 0 Å². The molecule has 0 amide bonds. The Morgan fingerprint density at radius 3 is 2.78 bits per heavy atom. The molecule has 88 valence electrons. The van der Waals surface area contributed by atoms with Crippen molar-refractivity contribution in [2.24, 2.45) is 0 Å². The van der Waals surface area contributed by atoms with E-state index in [0.29, 0.717) is 0 Å². The fourth-order valence-corrected chi connectivity index (χ4v) is 1.58. The second-order valence-electron chi connectivity index (χ2n) is 3.89. The Labute approximate surface area is 123 Å². The Morgan fingerprint density at radius 2 is 2.06 bits per heavy atom. The predicted molar refractivity (Wildman–Crippen MR) is 74.6 cm³/mol. The fraction of sp³-hybridized carbons (Fsp3) is 0.294. The van der Waals surface area contributed by atoms with E-state index in [1.54, 1.807) is 0 Å². The standard InChI is InChI=1S/C17H19.Li/c1-3-5-7-8-9-13-17-15-11-10-14-16(17)12-6-4-2;/h4,10-11,14-15H,1-2,5-8,12H2;/q-1;+1. The van der Waals surface area contributed by atoms with Crippen molar-refractivity contribution in [1.82, 2.24) is 0 Å². The maximum Gasteiger partial charge on any atom is 1.00 e. The van der Waals surface area contributed by atoms with E-state index in [-0.39, 0.29) is 18.9 Å². The third kappa shape index (κ3) is 6.56. The number of allylic oxidation sites excluding steroid dienone is 2. The van der Waals surface area contributed by atoms with Gasteiger partial charge >= 0.3 is 18.9 Å². The summed E-state index contributed by atoms with van der Waals surface area (Å²) in [6, 6.07) is 8.34. The van der Waals surface area contributed by atoms with Gasteiger partial charge in [0.05, 0.1) is 0 Å². The summed E-state index contributed by atoms with van der Waals surface area (Å²) in [5.41, 5.74) is 2.46. The first-order valence-corrected chi connectivity index (χ1v) is 6.06. The average molecular weight is 230 g/mol. The summed E-state index contributed by atoms with van der Waals surface area (Å²) in [5, 5.41) is 0. The quantitative estimate of drug-likeness (QED) is 0.227. The number of rotatable bonds is 6. The summed E-state index contributed by atoms with van der Waals surface area (Å²) < 4.78 is 0.